The third kappa shape index (κ3) is 7.97. The molecule has 41 heavy (non-hydrogen) atoms. The number of amides is 2. The molecule has 0 aliphatic heterocycles. The molecule has 2 heterocycles. The first-order chi connectivity index (χ1) is 19.7. The number of halogens is 1. The minimum Gasteiger partial charge on any atom is -0.455 e. The number of fused-ring (bicyclic) bond motifs is 1. The van der Waals surface area contributed by atoms with Crippen LogP contribution in [0.25, 0.3) is 10.9 Å². The van der Waals surface area contributed by atoms with Gasteiger partial charge in [0.25, 0.3) is 0 Å². The Bertz CT molecular complexity index is 1630. The van der Waals surface area contributed by atoms with Crippen LogP contribution in [0, 0.1) is 25.7 Å². The molecule has 2 aromatic heterocycles. The maximum Gasteiger partial charge on any atom is 0.248 e. The van der Waals surface area contributed by atoms with Crippen molar-refractivity contribution in [2.45, 2.75) is 32.2 Å². The number of anilines is 2. The Morgan fingerprint density at radius 2 is 1.88 bits per heavy atom. The fraction of sp³-hybridized carbons (Fsp3) is 0.233. The lowest BCUT2D eigenvalue weighted by atomic mass is 10.1. The quantitative estimate of drug-likeness (QED) is 0.252. The highest BCUT2D eigenvalue weighted by Gasteiger charge is 2.42. The number of hydrogen-bond donors (Lipinski definition) is 4. The van der Waals surface area contributed by atoms with Crippen LogP contribution in [0.3, 0.4) is 0 Å². The van der Waals surface area contributed by atoms with Crippen molar-refractivity contribution in [2.24, 2.45) is 5.73 Å². The fourth-order valence-corrected chi connectivity index (χ4v) is 3.76. The van der Waals surface area contributed by atoms with Crippen LogP contribution in [-0.4, -0.2) is 50.7 Å². The summed E-state index contributed by atoms with van der Waals surface area (Å²) in [6, 6.07) is 15.4. The van der Waals surface area contributed by atoms with Crippen molar-refractivity contribution in [3.8, 4) is 23.3 Å². The van der Waals surface area contributed by atoms with Gasteiger partial charge < -0.3 is 26.2 Å². The summed E-state index contributed by atoms with van der Waals surface area (Å²) in [5.74, 6) is 7.07. The van der Waals surface area contributed by atoms with Crippen LogP contribution in [0.2, 0.25) is 0 Å². The molecule has 1 aliphatic carbocycles. The monoisotopic (exact) mass is 556 g/mol. The molecule has 210 valence electrons. The maximum absolute atomic E-state index is 11.6. The Morgan fingerprint density at radius 3 is 2.51 bits per heavy atom. The molecule has 1 fully saturated rings. The van der Waals surface area contributed by atoms with Gasteiger partial charge in [-0.1, -0.05) is 11.8 Å². The van der Waals surface area contributed by atoms with E-state index in [-0.39, 0.29) is 0 Å². The van der Waals surface area contributed by atoms with E-state index in [9.17, 15) is 14.0 Å². The number of ether oxygens (including phenoxy) is 1. The number of aryl methyl sites for hydroxylation is 2. The van der Waals surface area contributed by atoms with Crippen LogP contribution in [0.1, 0.15) is 29.7 Å². The zero-order chi connectivity index (χ0) is 29.4. The number of pyridine rings is 1. The zero-order valence-electron chi connectivity index (χ0n) is 22.6. The summed E-state index contributed by atoms with van der Waals surface area (Å²) >= 11 is 0. The molecule has 1 aliphatic rings. The van der Waals surface area contributed by atoms with Gasteiger partial charge in [-0.3, -0.25) is 14.6 Å². The van der Waals surface area contributed by atoms with Crippen LogP contribution in [0.15, 0.2) is 61.1 Å². The fourth-order valence-electron chi connectivity index (χ4n) is 3.76. The smallest absolute Gasteiger partial charge is 0.248 e. The van der Waals surface area contributed by atoms with Crippen molar-refractivity contribution < 1.29 is 23.8 Å². The maximum atomic E-state index is 11.6. The van der Waals surface area contributed by atoms with Gasteiger partial charge in [0.2, 0.25) is 11.8 Å². The highest BCUT2D eigenvalue weighted by atomic mass is 19.1. The highest BCUT2D eigenvalue weighted by Crippen LogP contribution is 2.35. The lowest BCUT2D eigenvalue weighted by Gasteiger charge is -2.12. The number of aromatic nitrogens is 3. The van der Waals surface area contributed by atoms with Crippen LogP contribution in [-0.2, 0) is 9.59 Å². The summed E-state index contributed by atoms with van der Waals surface area (Å²) in [7, 11) is 0. The second kappa shape index (κ2) is 12.8. The Labute approximate surface area is 236 Å². The first-order valence-corrected chi connectivity index (χ1v) is 12.7. The summed E-state index contributed by atoms with van der Waals surface area (Å²) in [5, 5.41) is 16.0. The molecule has 0 bridgehead atoms. The van der Waals surface area contributed by atoms with E-state index in [2.05, 4.69) is 43.2 Å². The summed E-state index contributed by atoms with van der Waals surface area (Å²) in [6.07, 6.45) is 4.78. The number of rotatable bonds is 7. The van der Waals surface area contributed by atoms with Gasteiger partial charge in [0.05, 0.1) is 11.7 Å². The van der Waals surface area contributed by atoms with Crippen LogP contribution < -0.4 is 21.1 Å². The summed E-state index contributed by atoms with van der Waals surface area (Å²) in [4.78, 5) is 33.9. The Kier molecular flexibility index (Phi) is 9.06. The van der Waals surface area contributed by atoms with E-state index in [1.165, 1.54) is 6.33 Å². The van der Waals surface area contributed by atoms with Gasteiger partial charge in [0.1, 0.15) is 35.8 Å². The van der Waals surface area contributed by atoms with Gasteiger partial charge in [-0.05, 0) is 80.8 Å². The number of benzene rings is 2. The predicted molar refractivity (Wildman–Crippen MR) is 152 cm³/mol. The Balaban J connectivity index is 0.000000714. The van der Waals surface area contributed by atoms with Crippen molar-refractivity contribution in [3.63, 3.8) is 0 Å². The van der Waals surface area contributed by atoms with E-state index in [1.807, 2.05) is 62.4 Å². The van der Waals surface area contributed by atoms with E-state index in [0.717, 1.165) is 52.0 Å². The molecular formula is C30H29FN6O4. The molecule has 2 amide bonds. The van der Waals surface area contributed by atoms with Crippen molar-refractivity contribution in [2.75, 3.05) is 18.6 Å². The molecule has 1 saturated carbocycles. The van der Waals surface area contributed by atoms with Crippen molar-refractivity contribution in [1.82, 2.24) is 20.3 Å². The number of primary amides is 1. The van der Waals surface area contributed by atoms with Crippen LogP contribution in [0.4, 0.5) is 15.9 Å². The summed E-state index contributed by atoms with van der Waals surface area (Å²) < 4.78 is 16.6. The zero-order valence-corrected chi connectivity index (χ0v) is 22.6. The number of hydrogen-bond acceptors (Lipinski definition) is 8. The number of carbonyl (C=O) groups excluding carboxylic acids is 2. The molecule has 4 aromatic rings. The van der Waals surface area contributed by atoms with E-state index >= 15 is 0 Å². The normalized spacial score (nSPS) is 12.7. The SMILES string of the molecule is Cc1ccc(Oc2ccc(Nc3ncnc4ccc(C#CC5(NC(=O)CO)CC5)cc34)cc2C)cn1.NC(=O)CF. The number of aliphatic hydroxyl groups excluding tert-OH is 1. The number of nitrogens with one attached hydrogen (secondary N) is 2. The number of alkyl halides is 1. The second-order valence-electron chi connectivity index (χ2n) is 9.44. The summed E-state index contributed by atoms with van der Waals surface area (Å²) in [5.41, 5.74) is 8.07. The molecule has 2 aromatic carbocycles. The minimum absolute atomic E-state index is 0.414. The number of aliphatic hydroxyl groups is 1. The van der Waals surface area contributed by atoms with Crippen molar-refractivity contribution in [1.29, 1.82) is 0 Å². The van der Waals surface area contributed by atoms with Crippen molar-refractivity contribution in [3.05, 3.63) is 77.9 Å². The molecule has 0 saturated heterocycles. The topological polar surface area (TPSA) is 152 Å². The first-order valence-electron chi connectivity index (χ1n) is 12.7. The number of carbonyl (C=O) groups is 2. The number of nitrogens with two attached hydrogens (primary N) is 1. The summed E-state index contributed by atoms with van der Waals surface area (Å²) in [6.45, 7) is 2.32. The average molecular weight is 557 g/mol. The third-order valence-corrected chi connectivity index (χ3v) is 6.04. The van der Waals surface area contributed by atoms with E-state index in [1.54, 1.807) is 6.20 Å². The van der Waals surface area contributed by atoms with Gasteiger partial charge in [0, 0.05) is 22.3 Å². The minimum atomic E-state index is -1.06. The van der Waals surface area contributed by atoms with Gasteiger partial charge >= 0.3 is 0 Å². The molecule has 0 spiro atoms. The van der Waals surface area contributed by atoms with Gasteiger partial charge in [-0.25, -0.2) is 14.4 Å². The third-order valence-electron chi connectivity index (χ3n) is 6.04. The molecule has 0 unspecified atom stereocenters. The highest BCUT2D eigenvalue weighted by molar-refractivity contribution is 5.91. The Hall–Kier alpha value is -5.08. The van der Waals surface area contributed by atoms with Crippen LogP contribution >= 0.6 is 0 Å². The molecular weight excluding hydrogens is 527 g/mol. The molecule has 5 rings (SSSR count). The molecule has 11 heteroatoms. The standard InChI is InChI=1S/C28H25N5O3.C2H4FNO/c1-18-13-21(5-8-25(18)36-22-6-3-19(2)29-15-22)32-27-23-14-20(4-7-24(23)30-17-31-27)9-10-28(11-12-28)33-26(35)16-34;3-1-2(4)5/h3-8,13-15,17,34H,11-12,16H2,1-2H3,(H,33,35)(H,30,31,32);1H2,(H2,4,5). The lowest BCUT2D eigenvalue weighted by molar-refractivity contribution is -0.124. The van der Waals surface area contributed by atoms with E-state index in [0.29, 0.717) is 11.6 Å². The van der Waals surface area contributed by atoms with Gasteiger partial charge in [-0.15, -0.1) is 0 Å². The molecule has 0 atom stereocenters. The molecule has 10 nitrogen and oxygen atoms in total. The van der Waals surface area contributed by atoms with E-state index < -0.39 is 30.6 Å². The molecule has 0 radical (unpaired) electrons. The molecule has 5 N–H and O–H groups in total. The second-order valence-corrected chi connectivity index (χ2v) is 9.44. The largest absolute Gasteiger partial charge is 0.455 e. The van der Waals surface area contributed by atoms with Gasteiger partial charge in [0.15, 0.2) is 6.67 Å². The Morgan fingerprint density at radius 1 is 1.10 bits per heavy atom. The predicted octanol–water partition coefficient (Wildman–Crippen LogP) is 3.61. The van der Waals surface area contributed by atoms with Crippen LogP contribution in [0.5, 0.6) is 11.5 Å². The first kappa shape index (κ1) is 28.9. The van der Waals surface area contributed by atoms with Gasteiger partial charge in [-0.2, -0.15) is 0 Å². The number of nitrogens with zero attached hydrogens (tertiary/aromatic N) is 3. The average Bonchev–Trinajstić information content (AvgIpc) is 3.74. The van der Waals surface area contributed by atoms with Crippen molar-refractivity contribution >= 4 is 34.2 Å². The lowest BCUT2D eigenvalue weighted by Crippen LogP contribution is -2.37. The van der Waals surface area contributed by atoms with E-state index in [4.69, 9.17) is 9.84 Å².